The van der Waals surface area contributed by atoms with Gasteiger partial charge in [0.25, 0.3) is 0 Å². The third kappa shape index (κ3) is 4.23. The number of carbonyl (C=O) groups is 2. The summed E-state index contributed by atoms with van der Waals surface area (Å²) in [5.74, 6) is -0.480. The molecule has 7 heteroatoms. The highest BCUT2D eigenvalue weighted by atomic mass is 16.6. The van der Waals surface area contributed by atoms with Crippen LogP contribution in [0.25, 0.3) is 0 Å². The highest BCUT2D eigenvalue weighted by Crippen LogP contribution is 2.32. The lowest BCUT2D eigenvalue weighted by atomic mass is 9.87. The number of piperidine rings is 1. The summed E-state index contributed by atoms with van der Waals surface area (Å²) in [6.45, 7) is 7.94. The van der Waals surface area contributed by atoms with Crippen LogP contribution in [0, 0.1) is 0 Å². The Bertz CT molecular complexity index is 495. The van der Waals surface area contributed by atoms with Gasteiger partial charge in [-0.1, -0.05) is 0 Å². The van der Waals surface area contributed by atoms with E-state index >= 15 is 0 Å². The minimum absolute atomic E-state index is 0.205. The van der Waals surface area contributed by atoms with Gasteiger partial charge in [0.1, 0.15) is 5.60 Å². The summed E-state index contributed by atoms with van der Waals surface area (Å²) in [6, 6.07) is -0.814. The Morgan fingerprint density at radius 3 is 2.70 bits per heavy atom. The molecule has 0 aromatic heterocycles. The predicted molar refractivity (Wildman–Crippen MR) is 81.8 cm³/mol. The van der Waals surface area contributed by atoms with Gasteiger partial charge in [-0.05, 0) is 39.7 Å². The largest absolute Gasteiger partial charge is 0.463 e. The first-order valence-corrected chi connectivity index (χ1v) is 7.87. The quantitative estimate of drug-likeness (QED) is 0.607. The zero-order valence-electron chi connectivity index (χ0n) is 14.1. The van der Waals surface area contributed by atoms with Crippen LogP contribution in [0.5, 0.6) is 0 Å². The van der Waals surface area contributed by atoms with Gasteiger partial charge in [-0.2, -0.15) is 0 Å². The van der Waals surface area contributed by atoms with Crippen molar-refractivity contribution in [3.63, 3.8) is 0 Å². The fraction of sp³-hybridized carbons (Fsp3) is 0.750. The molecule has 2 aliphatic rings. The summed E-state index contributed by atoms with van der Waals surface area (Å²) in [5.41, 5.74) is -0.0420. The van der Waals surface area contributed by atoms with E-state index in [1.807, 2.05) is 0 Å². The number of aliphatic hydroxyl groups is 1. The second kappa shape index (κ2) is 6.88. The van der Waals surface area contributed by atoms with Crippen LogP contribution < -0.4 is 0 Å². The summed E-state index contributed by atoms with van der Waals surface area (Å²) in [5, 5.41) is 10.5. The summed E-state index contributed by atoms with van der Waals surface area (Å²) in [7, 11) is 0. The summed E-state index contributed by atoms with van der Waals surface area (Å²) < 4.78 is 15.8. The van der Waals surface area contributed by atoms with Gasteiger partial charge >= 0.3 is 12.1 Å². The number of carbonyl (C=O) groups excluding carboxylic acids is 2. The highest BCUT2D eigenvalue weighted by Gasteiger charge is 2.46. The first kappa shape index (κ1) is 17.7. The number of nitrogens with zero attached hydrogens (tertiary/aromatic N) is 1. The number of morpholine rings is 1. The maximum absolute atomic E-state index is 12.4. The van der Waals surface area contributed by atoms with E-state index in [0.29, 0.717) is 18.6 Å². The molecule has 2 saturated heterocycles. The van der Waals surface area contributed by atoms with E-state index in [2.05, 4.69) is 0 Å². The molecule has 2 aliphatic heterocycles. The second-order valence-corrected chi connectivity index (χ2v) is 6.77. The van der Waals surface area contributed by atoms with Crippen LogP contribution in [0.4, 0.5) is 4.79 Å². The number of rotatable bonds is 2. The van der Waals surface area contributed by atoms with Crippen LogP contribution >= 0.6 is 0 Å². The van der Waals surface area contributed by atoms with E-state index in [0.717, 1.165) is 0 Å². The van der Waals surface area contributed by atoms with E-state index in [1.165, 1.54) is 6.08 Å². The van der Waals surface area contributed by atoms with Gasteiger partial charge in [-0.25, -0.2) is 9.59 Å². The third-order valence-electron chi connectivity index (χ3n) is 3.76. The molecule has 2 bridgehead atoms. The van der Waals surface area contributed by atoms with Gasteiger partial charge < -0.3 is 19.3 Å². The molecule has 2 fully saturated rings. The Hall–Kier alpha value is -1.60. The molecular weight excluding hydrogens is 302 g/mol. The smallest absolute Gasteiger partial charge is 0.411 e. The van der Waals surface area contributed by atoms with E-state index in [1.54, 1.807) is 32.6 Å². The topological polar surface area (TPSA) is 85.3 Å². The van der Waals surface area contributed by atoms with Gasteiger partial charge in [-0.3, -0.25) is 4.90 Å². The molecule has 2 heterocycles. The van der Waals surface area contributed by atoms with Crippen molar-refractivity contribution in [3.05, 3.63) is 11.6 Å². The number of amides is 1. The van der Waals surface area contributed by atoms with Gasteiger partial charge in [0, 0.05) is 6.08 Å². The van der Waals surface area contributed by atoms with Crippen LogP contribution in [-0.4, -0.2) is 65.7 Å². The van der Waals surface area contributed by atoms with Crippen molar-refractivity contribution in [1.29, 1.82) is 0 Å². The van der Waals surface area contributed by atoms with Crippen LogP contribution in [0.3, 0.4) is 0 Å². The first-order chi connectivity index (χ1) is 10.7. The van der Waals surface area contributed by atoms with Gasteiger partial charge in [0.2, 0.25) is 0 Å². The Morgan fingerprint density at radius 1 is 1.39 bits per heavy atom. The summed E-state index contributed by atoms with van der Waals surface area (Å²) in [4.78, 5) is 25.6. The van der Waals surface area contributed by atoms with Crippen molar-refractivity contribution in [2.45, 2.75) is 57.9 Å². The lowest BCUT2D eigenvalue weighted by molar-refractivity contribution is -0.137. The molecule has 1 amide bonds. The summed E-state index contributed by atoms with van der Waals surface area (Å²) >= 11 is 0. The molecule has 0 aromatic rings. The zero-order valence-corrected chi connectivity index (χ0v) is 14.1. The molecule has 0 aromatic carbocycles. The molecule has 130 valence electrons. The van der Waals surface area contributed by atoms with Crippen molar-refractivity contribution < 1.29 is 28.9 Å². The fourth-order valence-corrected chi connectivity index (χ4v) is 2.88. The molecule has 0 aliphatic carbocycles. The van der Waals surface area contributed by atoms with Crippen LogP contribution in [0.2, 0.25) is 0 Å². The monoisotopic (exact) mass is 327 g/mol. The maximum Gasteiger partial charge on any atom is 0.411 e. The molecular formula is C16H25NO6. The Kier molecular flexibility index (Phi) is 5.31. The second-order valence-electron chi connectivity index (χ2n) is 6.77. The van der Waals surface area contributed by atoms with Crippen molar-refractivity contribution in [2.24, 2.45) is 0 Å². The average Bonchev–Trinajstić information content (AvgIpc) is 2.42. The molecule has 3 atom stereocenters. The number of hydrogen-bond donors (Lipinski definition) is 1. The molecule has 7 nitrogen and oxygen atoms in total. The zero-order chi connectivity index (χ0) is 17.2. The molecule has 23 heavy (non-hydrogen) atoms. The van der Waals surface area contributed by atoms with E-state index in [9.17, 15) is 14.7 Å². The van der Waals surface area contributed by atoms with Crippen molar-refractivity contribution in [2.75, 3.05) is 19.8 Å². The normalized spacial score (nSPS) is 29.3. The Balaban J connectivity index is 2.18. The van der Waals surface area contributed by atoms with Crippen molar-refractivity contribution in [3.8, 4) is 0 Å². The number of esters is 1. The third-order valence-corrected chi connectivity index (χ3v) is 3.76. The van der Waals surface area contributed by atoms with Crippen molar-refractivity contribution >= 4 is 12.1 Å². The van der Waals surface area contributed by atoms with E-state index in [4.69, 9.17) is 14.2 Å². The Morgan fingerprint density at radius 2 is 2.09 bits per heavy atom. The van der Waals surface area contributed by atoms with Gasteiger partial charge in [-0.15, -0.1) is 0 Å². The van der Waals surface area contributed by atoms with Crippen LogP contribution in [0.1, 0.15) is 34.1 Å². The molecule has 0 saturated carbocycles. The fourth-order valence-electron chi connectivity index (χ4n) is 2.88. The maximum atomic E-state index is 12.4. The summed E-state index contributed by atoms with van der Waals surface area (Å²) in [6.07, 6.45) is 0.246. The molecule has 0 radical (unpaired) electrons. The van der Waals surface area contributed by atoms with Gasteiger partial charge in [0.05, 0.1) is 38.0 Å². The van der Waals surface area contributed by atoms with Crippen molar-refractivity contribution in [1.82, 2.24) is 4.90 Å². The number of hydrogen-bond acceptors (Lipinski definition) is 6. The Labute approximate surface area is 136 Å². The molecule has 0 spiro atoms. The van der Waals surface area contributed by atoms with E-state index < -0.39 is 29.8 Å². The average molecular weight is 327 g/mol. The number of ether oxygens (including phenoxy) is 3. The SMILES string of the molecule is CCOC(=O)C=C1CC2COCC(C1O)N2C(=O)OC(C)(C)C. The van der Waals surface area contributed by atoms with Gasteiger partial charge in [0.15, 0.2) is 0 Å². The minimum atomic E-state index is -0.969. The van der Waals surface area contributed by atoms with Crippen LogP contribution in [0.15, 0.2) is 11.6 Å². The van der Waals surface area contributed by atoms with E-state index in [-0.39, 0.29) is 19.3 Å². The predicted octanol–water partition coefficient (Wildman–Crippen LogP) is 1.24. The molecule has 1 N–H and O–H groups in total. The lowest BCUT2D eigenvalue weighted by Gasteiger charge is -2.48. The lowest BCUT2D eigenvalue weighted by Crippen LogP contribution is -2.63. The minimum Gasteiger partial charge on any atom is -0.463 e. The molecule has 2 rings (SSSR count). The first-order valence-electron chi connectivity index (χ1n) is 7.87. The number of aliphatic hydroxyl groups excluding tert-OH is 1. The van der Waals surface area contributed by atoms with Crippen LogP contribution in [-0.2, 0) is 19.0 Å². The number of fused-ring (bicyclic) bond motifs is 2. The standard InChI is InChI=1S/C16H25NO6/c1-5-22-13(18)7-10-6-11-8-21-9-12(14(10)19)17(11)15(20)23-16(2,3)4/h7,11-12,14,19H,5-6,8-9H2,1-4H3. The molecule has 3 unspecified atom stereocenters. The highest BCUT2D eigenvalue weighted by molar-refractivity contribution is 5.83.